The van der Waals surface area contributed by atoms with Crippen molar-refractivity contribution in [3.63, 3.8) is 0 Å². The van der Waals surface area contributed by atoms with E-state index in [0.717, 1.165) is 12.0 Å². The molecule has 1 aliphatic rings. The summed E-state index contributed by atoms with van der Waals surface area (Å²) in [5.74, 6) is 0.546. The molecule has 0 aromatic heterocycles. The number of sulfonamides is 1. The van der Waals surface area contributed by atoms with E-state index in [0.29, 0.717) is 12.4 Å². The molecule has 0 unspecified atom stereocenters. The topological polar surface area (TPSA) is 92.1 Å². The van der Waals surface area contributed by atoms with Crippen LogP contribution >= 0.6 is 0 Å². The summed E-state index contributed by atoms with van der Waals surface area (Å²) in [4.78, 5) is 2.23. The zero-order valence-corrected chi connectivity index (χ0v) is 8.44. The minimum absolute atomic E-state index is 0.0408. The molecule has 1 aliphatic heterocycles. The van der Waals surface area contributed by atoms with Crippen LogP contribution in [-0.2, 0) is 16.4 Å². The Balaban J connectivity index is 2.52. The predicted molar refractivity (Wildman–Crippen MR) is 52.0 cm³/mol. The van der Waals surface area contributed by atoms with Gasteiger partial charge in [0.15, 0.2) is 0 Å². The van der Waals surface area contributed by atoms with Crippen LogP contribution in [0.2, 0.25) is 0 Å². The standard InChI is InChI=1S/C8H7N3O3S/c9-10-11-15(12,13)7-2-1-6-3-4-14-8(6)5-7/h1-2,5H,3-4H2. The highest BCUT2D eigenvalue weighted by atomic mass is 32.2. The van der Waals surface area contributed by atoms with E-state index in [1.165, 1.54) is 12.1 Å². The smallest absolute Gasteiger partial charge is 0.264 e. The summed E-state index contributed by atoms with van der Waals surface area (Å²) < 4.78 is 30.7. The molecule has 0 amide bonds. The third-order valence-electron chi connectivity index (χ3n) is 2.11. The number of fused-ring (bicyclic) bond motifs is 1. The first-order valence-electron chi connectivity index (χ1n) is 4.20. The number of benzene rings is 1. The lowest BCUT2D eigenvalue weighted by Gasteiger charge is -2.01. The second-order valence-corrected chi connectivity index (χ2v) is 4.60. The van der Waals surface area contributed by atoms with Gasteiger partial charge in [-0.25, -0.2) is 8.42 Å². The molecule has 1 aromatic rings. The maximum Gasteiger partial charge on any atom is 0.264 e. The molecule has 1 heterocycles. The number of hydrogen-bond donors (Lipinski definition) is 0. The van der Waals surface area contributed by atoms with Gasteiger partial charge in [-0.05, 0) is 23.2 Å². The molecule has 0 radical (unpaired) electrons. The fourth-order valence-corrected chi connectivity index (χ4v) is 2.09. The highest BCUT2D eigenvalue weighted by Crippen LogP contribution is 2.28. The van der Waals surface area contributed by atoms with Crippen molar-refractivity contribution in [3.05, 3.63) is 34.2 Å². The van der Waals surface area contributed by atoms with Crippen molar-refractivity contribution in [1.29, 1.82) is 0 Å². The maximum absolute atomic E-state index is 11.4. The summed E-state index contributed by atoms with van der Waals surface area (Å²) in [7, 11) is -3.90. The molecule has 78 valence electrons. The Morgan fingerprint density at radius 3 is 3.00 bits per heavy atom. The number of nitrogens with zero attached hydrogens (tertiary/aromatic N) is 3. The average molecular weight is 225 g/mol. The molecule has 0 bridgehead atoms. The second kappa shape index (κ2) is 3.45. The van der Waals surface area contributed by atoms with Crippen LogP contribution in [0.25, 0.3) is 10.4 Å². The Morgan fingerprint density at radius 1 is 1.47 bits per heavy atom. The first kappa shape index (κ1) is 9.82. The summed E-state index contributed by atoms with van der Waals surface area (Å²) in [6, 6.07) is 4.46. The molecular formula is C8H7N3O3S. The van der Waals surface area contributed by atoms with Gasteiger partial charge in [-0.1, -0.05) is 6.07 Å². The Bertz CT molecular complexity index is 546. The lowest BCUT2D eigenvalue weighted by Crippen LogP contribution is -1.95. The van der Waals surface area contributed by atoms with Crippen LogP contribution in [-0.4, -0.2) is 15.0 Å². The molecule has 0 saturated carbocycles. The first-order chi connectivity index (χ1) is 7.13. The first-order valence-corrected chi connectivity index (χ1v) is 5.64. The van der Waals surface area contributed by atoms with Crippen molar-refractivity contribution in [2.45, 2.75) is 11.3 Å². The fraction of sp³-hybridized carbons (Fsp3) is 0.250. The summed E-state index contributed by atoms with van der Waals surface area (Å²) in [5.41, 5.74) is 9.07. The van der Waals surface area contributed by atoms with Gasteiger partial charge in [-0.2, -0.15) is 0 Å². The van der Waals surface area contributed by atoms with E-state index in [1.807, 2.05) is 0 Å². The molecule has 0 fully saturated rings. The van der Waals surface area contributed by atoms with Crippen LogP contribution < -0.4 is 4.74 Å². The highest BCUT2D eigenvalue weighted by molar-refractivity contribution is 7.90. The van der Waals surface area contributed by atoms with Crippen LogP contribution in [0.5, 0.6) is 5.75 Å². The molecule has 0 atom stereocenters. The number of ether oxygens (including phenoxy) is 1. The maximum atomic E-state index is 11.4. The van der Waals surface area contributed by atoms with Crippen LogP contribution in [0.3, 0.4) is 0 Å². The Morgan fingerprint density at radius 2 is 2.27 bits per heavy atom. The third kappa shape index (κ3) is 1.74. The molecule has 0 saturated heterocycles. The van der Waals surface area contributed by atoms with Crippen molar-refractivity contribution >= 4 is 10.0 Å². The normalized spacial score (nSPS) is 13.9. The van der Waals surface area contributed by atoms with Crippen molar-refractivity contribution in [2.24, 2.45) is 4.52 Å². The van der Waals surface area contributed by atoms with Gasteiger partial charge >= 0.3 is 0 Å². The molecule has 1 aromatic carbocycles. The summed E-state index contributed by atoms with van der Waals surface area (Å²) in [6.07, 6.45) is 0.775. The van der Waals surface area contributed by atoms with Gasteiger partial charge in [-0.15, -0.1) is 0 Å². The zero-order chi connectivity index (χ0) is 10.9. The summed E-state index contributed by atoms with van der Waals surface area (Å²) in [6.45, 7) is 0.556. The second-order valence-electron chi connectivity index (χ2n) is 3.01. The molecule has 15 heavy (non-hydrogen) atoms. The number of azide groups is 1. The van der Waals surface area contributed by atoms with Crippen LogP contribution in [0, 0.1) is 0 Å². The van der Waals surface area contributed by atoms with Crippen LogP contribution in [0.1, 0.15) is 5.56 Å². The van der Waals surface area contributed by atoms with E-state index >= 15 is 0 Å². The van der Waals surface area contributed by atoms with Gasteiger partial charge < -0.3 is 4.74 Å². The van der Waals surface area contributed by atoms with Crippen LogP contribution in [0.15, 0.2) is 27.6 Å². The summed E-state index contributed by atoms with van der Waals surface area (Å²) >= 11 is 0. The van der Waals surface area contributed by atoms with Gasteiger partial charge in [0.1, 0.15) is 5.75 Å². The van der Waals surface area contributed by atoms with Gasteiger partial charge in [-0.3, -0.25) is 0 Å². The third-order valence-corrected chi connectivity index (χ3v) is 3.25. The largest absolute Gasteiger partial charge is 0.493 e. The lowest BCUT2D eigenvalue weighted by atomic mass is 10.2. The molecular weight excluding hydrogens is 218 g/mol. The quantitative estimate of drug-likeness (QED) is 0.435. The average Bonchev–Trinajstić information content (AvgIpc) is 2.63. The van der Waals surface area contributed by atoms with E-state index in [4.69, 9.17) is 10.3 Å². The van der Waals surface area contributed by atoms with Crippen molar-refractivity contribution in [1.82, 2.24) is 0 Å². The summed E-state index contributed by atoms with van der Waals surface area (Å²) in [5, 5.41) is 0. The molecule has 0 aliphatic carbocycles. The monoisotopic (exact) mass is 225 g/mol. The van der Waals surface area contributed by atoms with Gasteiger partial charge in [0, 0.05) is 15.9 Å². The van der Waals surface area contributed by atoms with E-state index in [-0.39, 0.29) is 4.90 Å². The molecule has 2 rings (SSSR count). The van der Waals surface area contributed by atoms with E-state index < -0.39 is 10.0 Å². The van der Waals surface area contributed by atoms with Gasteiger partial charge in [0.25, 0.3) is 10.0 Å². The van der Waals surface area contributed by atoms with Crippen LogP contribution in [0.4, 0.5) is 0 Å². The number of rotatable bonds is 2. The van der Waals surface area contributed by atoms with E-state index in [1.54, 1.807) is 6.07 Å². The van der Waals surface area contributed by atoms with Gasteiger partial charge in [0.2, 0.25) is 0 Å². The SMILES string of the molecule is [N-]=[N+]=NS(=O)(=O)c1ccc2c(c1)OCC2. The molecule has 7 heteroatoms. The molecule has 0 spiro atoms. The Hall–Kier alpha value is -1.72. The van der Waals surface area contributed by atoms with E-state index in [2.05, 4.69) is 9.43 Å². The Labute approximate surface area is 86.2 Å². The fourth-order valence-electron chi connectivity index (χ4n) is 1.40. The minimum Gasteiger partial charge on any atom is -0.493 e. The number of hydrogen-bond acceptors (Lipinski definition) is 3. The highest BCUT2D eigenvalue weighted by Gasteiger charge is 2.18. The zero-order valence-electron chi connectivity index (χ0n) is 7.62. The molecule has 6 nitrogen and oxygen atoms in total. The van der Waals surface area contributed by atoms with E-state index in [9.17, 15) is 8.42 Å². The van der Waals surface area contributed by atoms with Crippen molar-refractivity contribution in [3.8, 4) is 5.75 Å². The predicted octanol–water partition coefficient (Wildman–Crippen LogP) is 1.62. The van der Waals surface area contributed by atoms with Crippen molar-refractivity contribution < 1.29 is 13.2 Å². The molecule has 0 N–H and O–H groups in total. The lowest BCUT2D eigenvalue weighted by molar-refractivity contribution is 0.356. The minimum atomic E-state index is -3.90. The van der Waals surface area contributed by atoms with Crippen molar-refractivity contribution in [2.75, 3.05) is 6.61 Å². The Kier molecular flexibility index (Phi) is 2.26. The van der Waals surface area contributed by atoms with Gasteiger partial charge in [0.05, 0.1) is 11.5 Å².